The van der Waals surface area contributed by atoms with Gasteiger partial charge in [0, 0.05) is 30.9 Å². The number of nitrogens with one attached hydrogen (secondary N) is 1. The van der Waals surface area contributed by atoms with Crippen LogP contribution in [0.2, 0.25) is 0 Å². The van der Waals surface area contributed by atoms with Gasteiger partial charge in [-0.25, -0.2) is 4.98 Å². The molecule has 1 aliphatic heterocycles. The van der Waals surface area contributed by atoms with E-state index in [1.54, 1.807) is 0 Å². The second-order valence-corrected chi connectivity index (χ2v) is 5.38. The summed E-state index contributed by atoms with van der Waals surface area (Å²) in [6.45, 7) is 8.60. The first-order valence-electron chi connectivity index (χ1n) is 7.60. The second kappa shape index (κ2) is 6.73. The zero-order valence-electron chi connectivity index (χ0n) is 12.4. The number of hydrogen-bond donors (Lipinski definition) is 1. The third-order valence-corrected chi connectivity index (χ3v) is 3.85. The lowest BCUT2D eigenvalue weighted by Crippen LogP contribution is -2.40. The van der Waals surface area contributed by atoms with Crippen LogP contribution in [-0.4, -0.2) is 29.1 Å². The Hall–Kier alpha value is -1.32. The van der Waals surface area contributed by atoms with Crippen molar-refractivity contribution in [2.24, 2.45) is 0 Å². The lowest BCUT2D eigenvalue weighted by Gasteiger charge is -2.37. The first-order chi connectivity index (χ1) is 9.26. The first kappa shape index (κ1) is 14.1. The maximum atomic E-state index is 4.74. The summed E-state index contributed by atoms with van der Waals surface area (Å²) in [6, 6.07) is 0.640. The number of aryl methyl sites for hydroxylation is 1. The normalized spacial score (nSPS) is 19.5. The summed E-state index contributed by atoms with van der Waals surface area (Å²) in [7, 11) is 0. The first-order valence-corrected chi connectivity index (χ1v) is 7.60. The average molecular weight is 262 g/mol. The summed E-state index contributed by atoms with van der Waals surface area (Å²) in [5.41, 5.74) is 1.18. The standard InChI is InChI=1S/C15H26N4/c1-4-9-16-15-17-11-12(3)14(18-15)19-10-7-6-8-13(19)5-2/h11,13H,4-10H2,1-3H3,(H,16,17,18). The maximum Gasteiger partial charge on any atom is 0.224 e. The molecule has 2 rings (SSSR count). The van der Waals surface area contributed by atoms with Crippen molar-refractivity contribution in [2.75, 3.05) is 23.3 Å². The number of anilines is 2. The van der Waals surface area contributed by atoms with Gasteiger partial charge in [-0.1, -0.05) is 13.8 Å². The van der Waals surface area contributed by atoms with Crippen molar-refractivity contribution in [1.82, 2.24) is 9.97 Å². The van der Waals surface area contributed by atoms with Crippen LogP contribution in [-0.2, 0) is 0 Å². The van der Waals surface area contributed by atoms with E-state index in [0.29, 0.717) is 6.04 Å². The maximum absolute atomic E-state index is 4.74. The van der Waals surface area contributed by atoms with Gasteiger partial charge in [0.15, 0.2) is 0 Å². The fraction of sp³-hybridized carbons (Fsp3) is 0.733. The van der Waals surface area contributed by atoms with Gasteiger partial charge >= 0.3 is 0 Å². The van der Waals surface area contributed by atoms with Crippen LogP contribution in [0.25, 0.3) is 0 Å². The van der Waals surface area contributed by atoms with E-state index in [4.69, 9.17) is 4.98 Å². The van der Waals surface area contributed by atoms with E-state index >= 15 is 0 Å². The van der Waals surface area contributed by atoms with E-state index in [1.807, 2.05) is 6.20 Å². The van der Waals surface area contributed by atoms with Gasteiger partial charge in [-0.15, -0.1) is 0 Å². The predicted molar refractivity (Wildman–Crippen MR) is 80.8 cm³/mol. The summed E-state index contributed by atoms with van der Waals surface area (Å²) in [5, 5.41) is 3.28. The summed E-state index contributed by atoms with van der Waals surface area (Å²) < 4.78 is 0. The van der Waals surface area contributed by atoms with Gasteiger partial charge in [0.2, 0.25) is 5.95 Å². The highest BCUT2D eigenvalue weighted by atomic mass is 15.2. The van der Waals surface area contributed by atoms with Crippen molar-refractivity contribution >= 4 is 11.8 Å². The zero-order valence-corrected chi connectivity index (χ0v) is 12.4. The van der Waals surface area contributed by atoms with Crippen molar-refractivity contribution in [3.05, 3.63) is 11.8 Å². The molecule has 1 atom stereocenters. The van der Waals surface area contributed by atoms with Gasteiger partial charge in [0.05, 0.1) is 0 Å². The van der Waals surface area contributed by atoms with Gasteiger partial charge in [0.25, 0.3) is 0 Å². The minimum atomic E-state index is 0.640. The van der Waals surface area contributed by atoms with Crippen LogP contribution in [0.3, 0.4) is 0 Å². The van der Waals surface area contributed by atoms with Crippen molar-refractivity contribution in [3.63, 3.8) is 0 Å². The van der Waals surface area contributed by atoms with Crippen LogP contribution in [0, 0.1) is 6.92 Å². The van der Waals surface area contributed by atoms with Crippen LogP contribution in [0.15, 0.2) is 6.20 Å². The molecule has 0 bridgehead atoms. The molecule has 1 aromatic heterocycles. The Morgan fingerprint density at radius 1 is 1.37 bits per heavy atom. The van der Waals surface area contributed by atoms with Gasteiger partial charge in [-0.05, 0) is 39.0 Å². The molecule has 0 aromatic carbocycles. The minimum Gasteiger partial charge on any atom is -0.354 e. The van der Waals surface area contributed by atoms with E-state index in [0.717, 1.165) is 31.3 Å². The second-order valence-electron chi connectivity index (χ2n) is 5.38. The molecule has 2 heterocycles. The fourth-order valence-electron chi connectivity index (χ4n) is 2.75. The lowest BCUT2D eigenvalue weighted by molar-refractivity contribution is 0.446. The monoisotopic (exact) mass is 262 g/mol. The molecule has 106 valence electrons. The molecule has 1 fully saturated rings. The summed E-state index contributed by atoms with van der Waals surface area (Å²) in [4.78, 5) is 11.6. The van der Waals surface area contributed by atoms with Crippen LogP contribution in [0.1, 0.15) is 51.5 Å². The molecule has 0 spiro atoms. The fourth-order valence-corrected chi connectivity index (χ4v) is 2.75. The van der Waals surface area contributed by atoms with Gasteiger partial charge in [0.1, 0.15) is 5.82 Å². The summed E-state index contributed by atoms with van der Waals surface area (Å²) in [6.07, 6.45) is 8.14. The van der Waals surface area contributed by atoms with Crippen molar-refractivity contribution < 1.29 is 0 Å². The Bertz CT molecular complexity index is 405. The molecule has 1 unspecified atom stereocenters. The molecule has 1 N–H and O–H groups in total. The quantitative estimate of drug-likeness (QED) is 0.883. The predicted octanol–water partition coefficient (Wildman–Crippen LogP) is 3.38. The molecule has 0 amide bonds. The third kappa shape index (κ3) is 3.37. The molecule has 0 radical (unpaired) electrons. The molecule has 1 aliphatic rings. The van der Waals surface area contributed by atoms with E-state index in [1.165, 1.54) is 31.2 Å². The summed E-state index contributed by atoms with van der Waals surface area (Å²) >= 11 is 0. The Labute approximate surface area is 116 Å². The van der Waals surface area contributed by atoms with Crippen LogP contribution < -0.4 is 10.2 Å². The van der Waals surface area contributed by atoms with Crippen LogP contribution in [0.4, 0.5) is 11.8 Å². The molecule has 19 heavy (non-hydrogen) atoms. The largest absolute Gasteiger partial charge is 0.354 e. The molecule has 4 nitrogen and oxygen atoms in total. The lowest BCUT2D eigenvalue weighted by atomic mass is 9.99. The zero-order chi connectivity index (χ0) is 13.7. The molecular weight excluding hydrogens is 236 g/mol. The minimum absolute atomic E-state index is 0.640. The highest BCUT2D eigenvalue weighted by Crippen LogP contribution is 2.27. The number of rotatable bonds is 5. The molecular formula is C15H26N4. The SMILES string of the molecule is CCCNc1ncc(C)c(N2CCCCC2CC)n1. The highest BCUT2D eigenvalue weighted by Gasteiger charge is 2.23. The Balaban J connectivity index is 2.21. The highest BCUT2D eigenvalue weighted by molar-refractivity contribution is 5.50. The molecule has 1 aromatic rings. The average Bonchev–Trinajstić information content (AvgIpc) is 2.46. The molecule has 0 saturated carbocycles. The van der Waals surface area contributed by atoms with Crippen LogP contribution >= 0.6 is 0 Å². The number of piperidine rings is 1. The van der Waals surface area contributed by atoms with Gasteiger partial charge in [-0.2, -0.15) is 4.98 Å². The van der Waals surface area contributed by atoms with Crippen LogP contribution in [0.5, 0.6) is 0 Å². The number of aromatic nitrogens is 2. The third-order valence-electron chi connectivity index (χ3n) is 3.85. The Morgan fingerprint density at radius 3 is 2.95 bits per heavy atom. The van der Waals surface area contributed by atoms with E-state index in [-0.39, 0.29) is 0 Å². The van der Waals surface area contributed by atoms with Crippen molar-refractivity contribution in [1.29, 1.82) is 0 Å². The van der Waals surface area contributed by atoms with E-state index in [2.05, 4.69) is 36.0 Å². The molecule has 0 aliphatic carbocycles. The molecule has 4 heteroatoms. The van der Waals surface area contributed by atoms with E-state index in [9.17, 15) is 0 Å². The number of nitrogens with zero attached hydrogens (tertiary/aromatic N) is 3. The smallest absolute Gasteiger partial charge is 0.224 e. The summed E-state index contributed by atoms with van der Waals surface area (Å²) in [5.74, 6) is 1.89. The van der Waals surface area contributed by atoms with Gasteiger partial charge in [-0.3, -0.25) is 0 Å². The molecule has 1 saturated heterocycles. The van der Waals surface area contributed by atoms with Gasteiger partial charge < -0.3 is 10.2 Å². The Morgan fingerprint density at radius 2 is 2.21 bits per heavy atom. The Kier molecular flexibility index (Phi) is 5.00. The van der Waals surface area contributed by atoms with Crippen molar-refractivity contribution in [2.45, 2.75) is 58.9 Å². The van der Waals surface area contributed by atoms with E-state index < -0.39 is 0 Å². The number of hydrogen-bond acceptors (Lipinski definition) is 4. The topological polar surface area (TPSA) is 41.1 Å². The van der Waals surface area contributed by atoms with Crippen molar-refractivity contribution in [3.8, 4) is 0 Å².